The quantitative estimate of drug-likeness (QED) is 0.835. The zero-order valence-corrected chi connectivity index (χ0v) is 13.4. The predicted molar refractivity (Wildman–Crippen MR) is 82.5 cm³/mol. The number of aromatic nitrogens is 3. The Kier molecular flexibility index (Phi) is 4.14. The number of rotatable bonds is 4. The lowest BCUT2D eigenvalue weighted by molar-refractivity contribution is 0.0757. The standard InChI is InChI=1S/C15H19N5O3/c1-10-17-13(18-23-10)15(21)20-8-6-11(9-20)22-12-5-4-7-16-14(12)19(2)3/h4-5,7,11H,6,8-9H2,1-3H3. The molecular weight excluding hydrogens is 298 g/mol. The van der Waals surface area contributed by atoms with E-state index in [1.54, 1.807) is 18.0 Å². The Labute approximate surface area is 134 Å². The summed E-state index contributed by atoms with van der Waals surface area (Å²) in [5.74, 6) is 1.73. The van der Waals surface area contributed by atoms with Crippen LogP contribution in [0.5, 0.6) is 5.75 Å². The maximum Gasteiger partial charge on any atom is 0.295 e. The zero-order chi connectivity index (χ0) is 16.4. The molecule has 2 aromatic rings. The molecule has 0 spiro atoms. The van der Waals surface area contributed by atoms with Crippen molar-refractivity contribution in [2.75, 3.05) is 32.1 Å². The lowest BCUT2D eigenvalue weighted by Crippen LogP contribution is -2.31. The fourth-order valence-electron chi connectivity index (χ4n) is 2.53. The van der Waals surface area contributed by atoms with Crippen LogP contribution in [0.3, 0.4) is 0 Å². The highest BCUT2D eigenvalue weighted by molar-refractivity contribution is 5.90. The molecular formula is C15H19N5O3. The fourth-order valence-corrected chi connectivity index (χ4v) is 2.53. The highest BCUT2D eigenvalue weighted by Crippen LogP contribution is 2.26. The van der Waals surface area contributed by atoms with Crippen molar-refractivity contribution in [1.29, 1.82) is 0 Å². The van der Waals surface area contributed by atoms with Crippen LogP contribution in [0.1, 0.15) is 22.9 Å². The van der Waals surface area contributed by atoms with Gasteiger partial charge in [0, 0.05) is 40.2 Å². The fraction of sp³-hybridized carbons (Fsp3) is 0.467. The summed E-state index contributed by atoms with van der Waals surface area (Å²) in [5, 5.41) is 3.67. The molecule has 2 aromatic heterocycles. The average Bonchev–Trinajstić information content (AvgIpc) is 3.16. The van der Waals surface area contributed by atoms with Gasteiger partial charge in [-0.05, 0) is 12.1 Å². The third-order valence-electron chi connectivity index (χ3n) is 3.62. The van der Waals surface area contributed by atoms with Gasteiger partial charge >= 0.3 is 0 Å². The van der Waals surface area contributed by atoms with Crippen LogP contribution < -0.4 is 9.64 Å². The maximum atomic E-state index is 12.3. The van der Waals surface area contributed by atoms with Crippen molar-refractivity contribution in [2.45, 2.75) is 19.4 Å². The molecule has 3 rings (SSSR count). The minimum atomic E-state index is -0.230. The van der Waals surface area contributed by atoms with Crippen molar-refractivity contribution in [1.82, 2.24) is 20.0 Å². The van der Waals surface area contributed by atoms with Gasteiger partial charge in [0.2, 0.25) is 5.89 Å². The van der Waals surface area contributed by atoms with Crippen LogP contribution in [-0.4, -0.2) is 59.2 Å². The Morgan fingerprint density at radius 1 is 1.48 bits per heavy atom. The van der Waals surface area contributed by atoms with Gasteiger partial charge in [-0.25, -0.2) is 4.98 Å². The number of likely N-dealkylation sites (tertiary alicyclic amines) is 1. The molecule has 0 radical (unpaired) electrons. The number of carbonyl (C=O) groups excluding carboxylic acids is 1. The second-order valence-corrected chi connectivity index (χ2v) is 5.64. The number of hydrogen-bond donors (Lipinski definition) is 0. The Morgan fingerprint density at radius 3 is 3.00 bits per heavy atom. The number of carbonyl (C=O) groups is 1. The van der Waals surface area contributed by atoms with E-state index in [0.29, 0.717) is 24.7 Å². The van der Waals surface area contributed by atoms with Gasteiger partial charge in [0.25, 0.3) is 11.7 Å². The minimum Gasteiger partial charge on any atom is -0.485 e. The van der Waals surface area contributed by atoms with E-state index in [2.05, 4.69) is 15.1 Å². The monoisotopic (exact) mass is 317 g/mol. The maximum absolute atomic E-state index is 12.3. The smallest absolute Gasteiger partial charge is 0.295 e. The summed E-state index contributed by atoms with van der Waals surface area (Å²) in [6, 6.07) is 3.72. The normalized spacial score (nSPS) is 17.3. The Hall–Kier alpha value is -2.64. The van der Waals surface area contributed by atoms with Crippen LogP contribution in [0.4, 0.5) is 5.82 Å². The van der Waals surface area contributed by atoms with Gasteiger partial charge in [-0.1, -0.05) is 5.16 Å². The molecule has 1 atom stereocenters. The molecule has 122 valence electrons. The summed E-state index contributed by atoms with van der Waals surface area (Å²) in [7, 11) is 3.83. The molecule has 0 N–H and O–H groups in total. The number of hydrogen-bond acceptors (Lipinski definition) is 7. The molecule has 1 amide bonds. The number of anilines is 1. The lowest BCUT2D eigenvalue weighted by atomic mass is 10.3. The van der Waals surface area contributed by atoms with E-state index in [-0.39, 0.29) is 17.8 Å². The van der Waals surface area contributed by atoms with E-state index in [9.17, 15) is 4.79 Å². The van der Waals surface area contributed by atoms with Crippen LogP contribution in [-0.2, 0) is 0 Å². The van der Waals surface area contributed by atoms with Crippen LogP contribution >= 0.6 is 0 Å². The first-order valence-corrected chi connectivity index (χ1v) is 7.43. The van der Waals surface area contributed by atoms with Crippen molar-refractivity contribution in [3.63, 3.8) is 0 Å². The molecule has 1 fully saturated rings. The van der Waals surface area contributed by atoms with Gasteiger partial charge in [-0.2, -0.15) is 4.98 Å². The Balaban J connectivity index is 1.65. The number of amides is 1. The first-order chi connectivity index (χ1) is 11.0. The summed E-state index contributed by atoms with van der Waals surface area (Å²) < 4.78 is 10.9. The molecule has 1 unspecified atom stereocenters. The highest BCUT2D eigenvalue weighted by atomic mass is 16.5. The molecule has 0 aliphatic carbocycles. The first kappa shape index (κ1) is 15.3. The lowest BCUT2D eigenvalue weighted by Gasteiger charge is -2.20. The summed E-state index contributed by atoms with van der Waals surface area (Å²) in [6.45, 7) is 2.76. The molecule has 1 aliphatic rings. The Bertz CT molecular complexity index is 700. The van der Waals surface area contributed by atoms with E-state index in [0.717, 1.165) is 12.2 Å². The third kappa shape index (κ3) is 3.25. The van der Waals surface area contributed by atoms with E-state index in [1.165, 1.54) is 0 Å². The zero-order valence-electron chi connectivity index (χ0n) is 13.4. The van der Waals surface area contributed by atoms with Gasteiger partial charge in [0.15, 0.2) is 11.6 Å². The van der Waals surface area contributed by atoms with Crippen LogP contribution in [0.25, 0.3) is 0 Å². The minimum absolute atomic E-state index is 0.0742. The van der Waals surface area contributed by atoms with Crippen molar-refractivity contribution >= 4 is 11.7 Å². The summed E-state index contributed by atoms with van der Waals surface area (Å²) in [6.07, 6.45) is 2.41. The third-order valence-corrected chi connectivity index (χ3v) is 3.62. The molecule has 8 heteroatoms. The summed E-state index contributed by atoms with van der Waals surface area (Å²) >= 11 is 0. The highest BCUT2D eigenvalue weighted by Gasteiger charge is 2.31. The number of nitrogens with zero attached hydrogens (tertiary/aromatic N) is 5. The van der Waals surface area contributed by atoms with Gasteiger partial charge < -0.3 is 19.1 Å². The molecule has 1 aliphatic heterocycles. The average molecular weight is 317 g/mol. The van der Waals surface area contributed by atoms with Gasteiger partial charge in [0.1, 0.15) is 6.10 Å². The van der Waals surface area contributed by atoms with E-state index < -0.39 is 0 Å². The summed E-state index contributed by atoms with van der Waals surface area (Å²) in [4.78, 5) is 24.2. The molecule has 0 saturated carbocycles. The molecule has 1 saturated heterocycles. The molecule has 0 bridgehead atoms. The van der Waals surface area contributed by atoms with Gasteiger partial charge in [-0.15, -0.1) is 0 Å². The number of ether oxygens (including phenoxy) is 1. The topological polar surface area (TPSA) is 84.6 Å². The molecule has 8 nitrogen and oxygen atoms in total. The first-order valence-electron chi connectivity index (χ1n) is 7.43. The largest absolute Gasteiger partial charge is 0.485 e. The molecule has 3 heterocycles. The van der Waals surface area contributed by atoms with Gasteiger partial charge in [0.05, 0.1) is 6.54 Å². The second-order valence-electron chi connectivity index (χ2n) is 5.64. The number of pyridine rings is 1. The van der Waals surface area contributed by atoms with E-state index in [1.807, 2.05) is 31.1 Å². The summed E-state index contributed by atoms with van der Waals surface area (Å²) in [5.41, 5.74) is 0. The SMILES string of the molecule is Cc1nc(C(=O)N2CCC(Oc3cccnc3N(C)C)C2)no1. The van der Waals surface area contributed by atoms with Crippen molar-refractivity contribution < 1.29 is 14.1 Å². The van der Waals surface area contributed by atoms with Gasteiger partial charge in [-0.3, -0.25) is 4.79 Å². The van der Waals surface area contributed by atoms with E-state index >= 15 is 0 Å². The predicted octanol–water partition coefficient (Wildman–Crippen LogP) is 1.13. The van der Waals surface area contributed by atoms with Crippen LogP contribution in [0, 0.1) is 6.92 Å². The second kappa shape index (κ2) is 6.23. The van der Waals surface area contributed by atoms with Crippen LogP contribution in [0.2, 0.25) is 0 Å². The Morgan fingerprint density at radius 2 is 2.30 bits per heavy atom. The molecule has 0 aromatic carbocycles. The van der Waals surface area contributed by atoms with E-state index in [4.69, 9.17) is 9.26 Å². The van der Waals surface area contributed by atoms with Crippen molar-refractivity contribution in [3.05, 3.63) is 30.0 Å². The molecule has 23 heavy (non-hydrogen) atoms. The number of aryl methyl sites for hydroxylation is 1. The van der Waals surface area contributed by atoms with Crippen LogP contribution in [0.15, 0.2) is 22.9 Å². The van der Waals surface area contributed by atoms with Crippen molar-refractivity contribution in [2.24, 2.45) is 0 Å². The van der Waals surface area contributed by atoms with Crippen molar-refractivity contribution in [3.8, 4) is 5.75 Å².